The van der Waals surface area contributed by atoms with E-state index in [1.54, 1.807) is 11.2 Å². The summed E-state index contributed by atoms with van der Waals surface area (Å²) in [7, 11) is 0. The van der Waals surface area contributed by atoms with Crippen molar-refractivity contribution in [1.29, 1.82) is 0 Å². The molecule has 2 aromatic heterocycles. The number of likely N-dealkylation sites (tertiary alicyclic amines) is 1. The number of carbonyl (C=O) groups is 1. The molecule has 1 aliphatic heterocycles. The summed E-state index contributed by atoms with van der Waals surface area (Å²) in [5.41, 5.74) is 1.28. The van der Waals surface area contributed by atoms with Crippen LogP contribution in [0.5, 0.6) is 0 Å². The lowest BCUT2D eigenvalue weighted by atomic mass is 10.1. The van der Waals surface area contributed by atoms with E-state index in [0.717, 1.165) is 40.6 Å². The Hall–Kier alpha value is -1.70. The van der Waals surface area contributed by atoms with Crippen LogP contribution in [0, 0.1) is 6.92 Å². The van der Waals surface area contributed by atoms with Gasteiger partial charge in [-0.15, -0.1) is 0 Å². The van der Waals surface area contributed by atoms with Crippen molar-refractivity contribution < 1.29 is 9.53 Å². The molecule has 1 atom stereocenters. The van der Waals surface area contributed by atoms with Crippen LogP contribution in [0.3, 0.4) is 0 Å². The second-order valence-corrected chi connectivity index (χ2v) is 8.20. The summed E-state index contributed by atoms with van der Waals surface area (Å²) < 4.78 is 8.25. The van der Waals surface area contributed by atoms with Gasteiger partial charge in [-0.25, -0.2) is 19.4 Å². The number of aromatic nitrogens is 4. The Morgan fingerprint density at radius 3 is 2.76 bits per heavy atom. The molecule has 0 saturated carbocycles. The van der Waals surface area contributed by atoms with E-state index in [4.69, 9.17) is 4.74 Å². The lowest BCUT2D eigenvalue weighted by Crippen LogP contribution is -2.37. The van der Waals surface area contributed by atoms with Gasteiger partial charge in [0.1, 0.15) is 16.5 Å². The molecule has 3 rings (SSSR count). The van der Waals surface area contributed by atoms with Crippen LogP contribution < -0.4 is 0 Å². The smallest absolute Gasteiger partial charge is 0.410 e. The van der Waals surface area contributed by atoms with Crippen LogP contribution in [0.15, 0.2) is 10.9 Å². The average Bonchev–Trinajstić information content (AvgIpc) is 2.70. The summed E-state index contributed by atoms with van der Waals surface area (Å²) in [4.78, 5) is 22.8. The summed E-state index contributed by atoms with van der Waals surface area (Å²) in [5.74, 6) is 0. The van der Waals surface area contributed by atoms with Crippen molar-refractivity contribution in [2.45, 2.75) is 58.6 Å². The number of ether oxygens (including phenoxy) is 1. The Balaban J connectivity index is 1.78. The van der Waals surface area contributed by atoms with Crippen LogP contribution in [-0.4, -0.2) is 49.4 Å². The zero-order valence-electron chi connectivity index (χ0n) is 15.1. The molecule has 0 spiro atoms. The SMILES string of the molecule is Cc1ncnc2c1c(Br)nn2[C@@H]1CCCN(C(=O)OC(C)(C)C)CC1. The number of hydrogen-bond acceptors (Lipinski definition) is 5. The van der Waals surface area contributed by atoms with E-state index in [1.807, 2.05) is 32.4 Å². The molecule has 0 bridgehead atoms. The van der Waals surface area contributed by atoms with Gasteiger partial charge in [0.2, 0.25) is 0 Å². The molecular formula is C17H24BrN5O2. The van der Waals surface area contributed by atoms with Gasteiger partial charge in [0.15, 0.2) is 5.65 Å². The summed E-state index contributed by atoms with van der Waals surface area (Å²) in [6.07, 6.45) is 4.02. The second kappa shape index (κ2) is 6.90. The average molecular weight is 410 g/mol. The van der Waals surface area contributed by atoms with Gasteiger partial charge in [0.05, 0.1) is 17.1 Å². The largest absolute Gasteiger partial charge is 0.444 e. The minimum absolute atomic E-state index is 0.204. The van der Waals surface area contributed by atoms with Gasteiger partial charge >= 0.3 is 6.09 Å². The van der Waals surface area contributed by atoms with Gasteiger partial charge < -0.3 is 9.64 Å². The molecular weight excluding hydrogens is 386 g/mol. The molecule has 25 heavy (non-hydrogen) atoms. The highest BCUT2D eigenvalue weighted by atomic mass is 79.9. The summed E-state index contributed by atoms with van der Waals surface area (Å²) in [6, 6.07) is 0.204. The van der Waals surface area contributed by atoms with Crippen LogP contribution in [0.1, 0.15) is 51.8 Å². The molecule has 0 radical (unpaired) electrons. The maximum Gasteiger partial charge on any atom is 0.410 e. The highest BCUT2D eigenvalue weighted by molar-refractivity contribution is 9.10. The van der Waals surface area contributed by atoms with Gasteiger partial charge in [-0.2, -0.15) is 5.10 Å². The third kappa shape index (κ3) is 3.94. The highest BCUT2D eigenvalue weighted by Gasteiger charge is 2.27. The van der Waals surface area contributed by atoms with Crippen molar-refractivity contribution in [2.24, 2.45) is 0 Å². The number of rotatable bonds is 1. The number of aryl methyl sites for hydroxylation is 1. The molecule has 0 aliphatic carbocycles. The monoisotopic (exact) mass is 409 g/mol. The fraction of sp³-hybridized carbons (Fsp3) is 0.647. The van der Waals surface area contributed by atoms with Crippen LogP contribution in [-0.2, 0) is 4.74 Å². The van der Waals surface area contributed by atoms with Crippen molar-refractivity contribution in [2.75, 3.05) is 13.1 Å². The van der Waals surface area contributed by atoms with Gasteiger partial charge in [-0.1, -0.05) is 0 Å². The van der Waals surface area contributed by atoms with Crippen molar-refractivity contribution in [3.05, 3.63) is 16.6 Å². The molecule has 0 N–H and O–H groups in total. The first-order valence-corrected chi connectivity index (χ1v) is 9.39. The number of hydrogen-bond donors (Lipinski definition) is 0. The Morgan fingerprint density at radius 1 is 1.28 bits per heavy atom. The second-order valence-electron chi connectivity index (χ2n) is 7.45. The van der Waals surface area contributed by atoms with Crippen LogP contribution in [0.2, 0.25) is 0 Å². The van der Waals surface area contributed by atoms with Crippen LogP contribution in [0.4, 0.5) is 4.79 Å². The molecule has 1 amide bonds. The van der Waals surface area contributed by atoms with E-state index in [0.29, 0.717) is 13.1 Å². The molecule has 2 aromatic rings. The summed E-state index contributed by atoms with van der Waals surface area (Å²) >= 11 is 3.53. The number of fused-ring (bicyclic) bond motifs is 1. The van der Waals surface area contributed by atoms with Gasteiger partial charge in [0, 0.05) is 13.1 Å². The minimum Gasteiger partial charge on any atom is -0.444 e. The van der Waals surface area contributed by atoms with Gasteiger partial charge in [0.25, 0.3) is 0 Å². The Kier molecular flexibility index (Phi) is 4.99. The highest BCUT2D eigenvalue weighted by Crippen LogP contribution is 2.30. The molecule has 0 aromatic carbocycles. The Labute approximate surface area is 155 Å². The minimum atomic E-state index is -0.472. The molecule has 1 aliphatic rings. The molecule has 136 valence electrons. The molecule has 3 heterocycles. The van der Waals surface area contributed by atoms with Crippen LogP contribution in [0.25, 0.3) is 11.0 Å². The number of halogens is 1. The zero-order valence-corrected chi connectivity index (χ0v) is 16.7. The van der Waals surface area contributed by atoms with E-state index < -0.39 is 5.60 Å². The number of nitrogens with zero attached hydrogens (tertiary/aromatic N) is 5. The first kappa shape index (κ1) is 18.1. The first-order chi connectivity index (χ1) is 11.8. The molecule has 1 saturated heterocycles. The predicted molar refractivity (Wildman–Crippen MR) is 98.5 cm³/mol. The van der Waals surface area contributed by atoms with Crippen molar-refractivity contribution in [3.8, 4) is 0 Å². The normalized spacial score (nSPS) is 19.1. The van der Waals surface area contributed by atoms with Gasteiger partial charge in [-0.3, -0.25) is 0 Å². The van der Waals surface area contributed by atoms with Gasteiger partial charge in [-0.05, 0) is 62.9 Å². The first-order valence-electron chi connectivity index (χ1n) is 8.59. The van der Waals surface area contributed by atoms with E-state index >= 15 is 0 Å². The van der Waals surface area contributed by atoms with Crippen molar-refractivity contribution >= 4 is 33.1 Å². The fourth-order valence-electron chi connectivity index (χ4n) is 3.16. The van der Waals surface area contributed by atoms with E-state index in [1.165, 1.54) is 0 Å². The van der Waals surface area contributed by atoms with Crippen LogP contribution >= 0.6 is 15.9 Å². The molecule has 8 heteroatoms. The van der Waals surface area contributed by atoms with E-state index in [-0.39, 0.29) is 12.1 Å². The quantitative estimate of drug-likeness (QED) is 0.714. The predicted octanol–water partition coefficient (Wildman–Crippen LogP) is 3.86. The summed E-state index contributed by atoms with van der Waals surface area (Å²) in [6.45, 7) is 8.99. The van der Waals surface area contributed by atoms with E-state index in [9.17, 15) is 4.79 Å². The molecule has 7 nitrogen and oxygen atoms in total. The standard InChI is InChI=1S/C17H24BrN5O2/c1-11-13-14(18)21-23(15(13)20-10-19-11)12-6-5-8-22(9-7-12)16(24)25-17(2,3)4/h10,12H,5-9H2,1-4H3/t12-/m1/s1. The van der Waals surface area contributed by atoms with Crippen molar-refractivity contribution in [3.63, 3.8) is 0 Å². The van der Waals surface area contributed by atoms with Crippen molar-refractivity contribution in [1.82, 2.24) is 24.6 Å². The maximum absolute atomic E-state index is 12.3. The lowest BCUT2D eigenvalue weighted by Gasteiger charge is -2.26. The maximum atomic E-state index is 12.3. The lowest BCUT2D eigenvalue weighted by molar-refractivity contribution is 0.0255. The number of amides is 1. The molecule has 1 fully saturated rings. The van der Waals surface area contributed by atoms with E-state index in [2.05, 4.69) is 31.0 Å². The fourth-order valence-corrected chi connectivity index (χ4v) is 3.79. The Morgan fingerprint density at radius 2 is 2.04 bits per heavy atom. The molecule has 0 unspecified atom stereocenters. The third-order valence-corrected chi connectivity index (χ3v) is 4.89. The third-order valence-electron chi connectivity index (χ3n) is 4.33. The topological polar surface area (TPSA) is 73.1 Å². The summed E-state index contributed by atoms with van der Waals surface area (Å²) in [5, 5.41) is 5.60. The Bertz CT molecular complexity index is 783. The number of carbonyl (C=O) groups excluding carboxylic acids is 1. The zero-order chi connectivity index (χ0) is 18.2.